The van der Waals surface area contributed by atoms with Crippen LogP contribution in [0, 0.1) is 26.7 Å². The first kappa shape index (κ1) is 14.7. The molecule has 1 aromatic carbocycles. The van der Waals surface area contributed by atoms with Crippen LogP contribution in [0.25, 0.3) is 11.3 Å². The summed E-state index contributed by atoms with van der Waals surface area (Å²) >= 11 is 1.47. The zero-order chi connectivity index (χ0) is 14.9. The Morgan fingerprint density at radius 2 is 1.80 bits per heavy atom. The third kappa shape index (κ3) is 3.07. The highest BCUT2D eigenvalue weighted by Gasteiger charge is 2.12. The van der Waals surface area contributed by atoms with Gasteiger partial charge in [-0.05, 0) is 43.5 Å². The number of carbonyl (C=O) groups excluding carboxylic acids is 1. The molecular weight excluding hydrogens is 268 g/mol. The van der Waals surface area contributed by atoms with Crippen molar-refractivity contribution >= 4 is 22.4 Å². The molecule has 0 saturated carbocycles. The Kier molecular flexibility index (Phi) is 4.23. The van der Waals surface area contributed by atoms with Gasteiger partial charge in [0.25, 0.3) is 0 Å². The van der Waals surface area contributed by atoms with Crippen molar-refractivity contribution in [3.8, 4) is 11.3 Å². The second-order valence-electron chi connectivity index (χ2n) is 5.43. The molecule has 20 heavy (non-hydrogen) atoms. The molecule has 106 valence electrons. The van der Waals surface area contributed by atoms with Crippen molar-refractivity contribution in [1.82, 2.24) is 4.98 Å². The summed E-state index contributed by atoms with van der Waals surface area (Å²) < 4.78 is 0. The van der Waals surface area contributed by atoms with E-state index in [1.807, 2.05) is 19.2 Å². The van der Waals surface area contributed by atoms with Crippen molar-refractivity contribution < 1.29 is 4.79 Å². The highest BCUT2D eigenvalue weighted by atomic mass is 32.1. The molecule has 0 saturated heterocycles. The van der Waals surface area contributed by atoms with Crippen LogP contribution in [0.2, 0.25) is 0 Å². The van der Waals surface area contributed by atoms with Gasteiger partial charge in [0.2, 0.25) is 5.91 Å². The quantitative estimate of drug-likeness (QED) is 0.913. The molecule has 0 atom stereocenters. The minimum atomic E-state index is -0.0364. The number of thiazole rings is 1. The van der Waals surface area contributed by atoms with Crippen LogP contribution in [0.3, 0.4) is 0 Å². The first-order valence-corrected chi connectivity index (χ1v) is 7.61. The SMILES string of the molecule is Cc1cc(C)c(-c2csc(NC(=O)C(C)C)n2)cc1C. The molecule has 1 amide bonds. The zero-order valence-corrected chi connectivity index (χ0v) is 13.4. The van der Waals surface area contributed by atoms with E-state index < -0.39 is 0 Å². The molecule has 0 aliphatic heterocycles. The van der Waals surface area contributed by atoms with Crippen molar-refractivity contribution in [1.29, 1.82) is 0 Å². The van der Waals surface area contributed by atoms with Crippen molar-refractivity contribution in [3.05, 3.63) is 34.2 Å². The van der Waals surface area contributed by atoms with Crippen LogP contribution in [0.1, 0.15) is 30.5 Å². The van der Waals surface area contributed by atoms with Gasteiger partial charge in [0, 0.05) is 16.9 Å². The van der Waals surface area contributed by atoms with E-state index in [0.29, 0.717) is 5.13 Å². The number of aryl methyl sites for hydroxylation is 3. The van der Waals surface area contributed by atoms with Gasteiger partial charge in [0.15, 0.2) is 5.13 Å². The van der Waals surface area contributed by atoms with E-state index >= 15 is 0 Å². The van der Waals surface area contributed by atoms with Crippen molar-refractivity contribution in [2.24, 2.45) is 5.92 Å². The maximum atomic E-state index is 11.7. The van der Waals surface area contributed by atoms with E-state index in [-0.39, 0.29) is 11.8 Å². The molecule has 0 bridgehead atoms. The Balaban J connectivity index is 2.29. The summed E-state index contributed by atoms with van der Waals surface area (Å²) in [6.07, 6.45) is 0. The molecular formula is C16H20N2OS. The van der Waals surface area contributed by atoms with Crippen LogP contribution in [-0.2, 0) is 4.79 Å². The molecule has 0 spiro atoms. The lowest BCUT2D eigenvalue weighted by Gasteiger charge is -2.07. The molecule has 1 N–H and O–H groups in total. The summed E-state index contributed by atoms with van der Waals surface area (Å²) in [6, 6.07) is 4.34. The molecule has 0 aliphatic carbocycles. The molecule has 2 rings (SSSR count). The number of aromatic nitrogens is 1. The van der Waals surface area contributed by atoms with Gasteiger partial charge in [-0.2, -0.15) is 0 Å². The molecule has 0 unspecified atom stereocenters. The lowest BCUT2D eigenvalue weighted by molar-refractivity contribution is -0.118. The van der Waals surface area contributed by atoms with Gasteiger partial charge in [-0.1, -0.05) is 19.9 Å². The highest BCUT2D eigenvalue weighted by Crippen LogP contribution is 2.29. The van der Waals surface area contributed by atoms with Crippen molar-refractivity contribution in [3.63, 3.8) is 0 Å². The fourth-order valence-electron chi connectivity index (χ4n) is 1.94. The second-order valence-corrected chi connectivity index (χ2v) is 6.29. The summed E-state index contributed by atoms with van der Waals surface area (Å²) in [4.78, 5) is 16.2. The molecule has 1 aromatic heterocycles. The van der Waals surface area contributed by atoms with E-state index in [0.717, 1.165) is 11.3 Å². The van der Waals surface area contributed by atoms with E-state index in [4.69, 9.17) is 0 Å². The monoisotopic (exact) mass is 288 g/mol. The number of hydrogen-bond acceptors (Lipinski definition) is 3. The predicted molar refractivity (Wildman–Crippen MR) is 85.2 cm³/mol. The highest BCUT2D eigenvalue weighted by molar-refractivity contribution is 7.14. The largest absolute Gasteiger partial charge is 0.302 e. The predicted octanol–water partition coefficient (Wildman–Crippen LogP) is 4.33. The second kappa shape index (κ2) is 5.75. The summed E-state index contributed by atoms with van der Waals surface area (Å²) in [7, 11) is 0. The van der Waals surface area contributed by atoms with Gasteiger partial charge in [-0.3, -0.25) is 4.79 Å². The zero-order valence-electron chi connectivity index (χ0n) is 12.6. The summed E-state index contributed by atoms with van der Waals surface area (Å²) in [5.41, 5.74) is 5.81. The fourth-order valence-corrected chi connectivity index (χ4v) is 2.65. The Morgan fingerprint density at radius 3 is 2.45 bits per heavy atom. The Labute approximate surface area is 124 Å². The minimum Gasteiger partial charge on any atom is -0.302 e. The molecule has 0 radical (unpaired) electrons. The standard InChI is InChI=1S/C16H20N2OS/c1-9(2)15(19)18-16-17-14(8-20-16)13-7-11(4)10(3)6-12(13)5/h6-9H,1-5H3,(H,17,18,19). The van der Waals surface area contributed by atoms with E-state index in [1.54, 1.807) is 0 Å². The molecule has 1 heterocycles. The van der Waals surface area contributed by atoms with Crippen LogP contribution < -0.4 is 5.32 Å². The average Bonchev–Trinajstić information content (AvgIpc) is 2.82. The maximum absolute atomic E-state index is 11.7. The number of amides is 1. The van der Waals surface area contributed by atoms with Crippen LogP contribution in [0.5, 0.6) is 0 Å². The van der Waals surface area contributed by atoms with Gasteiger partial charge in [-0.15, -0.1) is 11.3 Å². The van der Waals surface area contributed by atoms with Crippen LogP contribution in [-0.4, -0.2) is 10.9 Å². The summed E-state index contributed by atoms with van der Waals surface area (Å²) in [5, 5.41) is 5.50. The Bertz CT molecular complexity index is 644. The molecule has 0 fully saturated rings. The first-order chi connectivity index (χ1) is 9.38. The maximum Gasteiger partial charge on any atom is 0.228 e. The van der Waals surface area contributed by atoms with Gasteiger partial charge in [0.05, 0.1) is 5.69 Å². The fraction of sp³-hybridized carbons (Fsp3) is 0.375. The number of anilines is 1. The van der Waals surface area contributed by atoms with Gasteiger partial charge >= 0.3 is 0 Å². The number of benzene rings is 1. The number of nitrogens with zero attached hydrogens (tertiary/aromatic N) is 1. The topological polar surface area (TPSA) is 42.0 Å². The van der Waals surface area contributed by atoms with Crippen molar-refractivity contribution in [2.45, 2.75) is 34.6 Å². The van der Waals surface area contributed by atoms with Crippen LogP contribution in [0.4, 0.5) is 5.13 Å². The van der Waals surface area contributed by atoms with E-state index in [2.05, 4.69) is 43.2 Å². The van der Waals surface area contributed by atoms with Crippen molar-refractivity contribution in [2.75, 3.05) is 5.32 Å². The number of nitrogens with one attached hydrogen (secondary N) is 1. The lowest BCUT2D eigenvalue weighted by Crippen LogP contribution is -2.17. The number of hydrogen-bond donors (Lipinski definition) is 1. The van der Waals surface area contributed by atoms with E-state index in [9.17, 15) is 4.79 Å². The molecule has 3 nitrogen and oxygen atoms in total. The van der Waals surface area contributed by atoms with Gasteiger partial charge in [0.1, 0.15) is 0 Å². The summed E-state index contributed by atoms with van der Waals surface area (Å²) in [6.45, 7) is 10.1. The number of rotatable bonds is 3. The lowest BCUT2D eigenvalue weighted by atomic mass is 9.99. The van der Waals surface area contributed by atoms with Gasteiger partial charge < -0.3 is 5.32 Å². The third-order valence-corrected chi connectivity index (χ3v) is 4.13. The Morgan fingerprint density at radius 1 is 1.15 bits per heavy atom. The first-order valence-electron chi connectivity index (χ1n) is 6.73. The number of carbonyl (C=O) groups is 1. The Hall–Kier alpha value is -1.68. The normalized spacial score (nSPS) is 10.9. The average molecular weight is 288 g/mol. The molecule has 2 aromatic rings. The molecule has 4 heteroatoms. The minimum absolute atomic E-state index is 0.00251. The smallest absolute Gasteiger partial charge is 0.228 e. The van der Waals surface area contributed by atoms with Crippen LogP contribution >= 0.6 is 11.3 Å². The summed E-state index contributed by atoms with van der Waals surface area (Å²) in [5.74, 6) is -0.0339. The third-order valence-electron chi connectivity index (χ3n) is 3.38. The van der Waals surface area contributed by atoms with E-state index in [1.165, 1.54) is 28.0 Å². The van der Waals surface area contributed by atoms with Crippen LogP contribution in [0.15, 0.2) is 17.5 Å². The van der Waals surface area contributed by atoms with Gasteiger partial charge in [-0.25, -0.2) is 4.98 Å². The molecule has 0 aliphatic rings.